The van der Waals surface area contributed by atoms with Crippen LogP contribution in [0, 0.1) is 5.82 Å². The zero-order valence-corrected chi connectivity index (χ0v) is 12.9. The molecule has 2 aromatic carbocycles. The van der Waals surface area contributed by atoms with Crippen molar-refractivity contribution in [3.05, 3.63) is 76.6 Å². The van der Waals surface area contributed by atoms with E-state index in [0.717, 1.165) is 24.0 Å². The lowest BCUT2D eigenvalue weighted by Gasteiger charge is -2.16. The Morgan fingerprint density at radius 3 is 2.58 bits per heavy atom. The summed E-state index contributed by atoms with van der Waals surface area (Å²) in [5.74, 6) is -1.90. The smallest absolute Gasteiger partial charge is 0.339 e. The molecule has 0 saturated heterocycles. The number of rotatable bonds is 4. The second kappa shape index (κ2) is 6.66. The van der Waals surface area contributed by atoms with Crippen LogP contribution in [-0.4, -0.2) is 11.9 Å². The first-order chi connectivity index (χ1) is 11.5. The molecule has 0 spiro atoms. The van der Waals surface area contributed by atoms with E-state index in [9.17, 15) is 14.0 Å². The molecule has 2 aromatic rings. The number of ether oxygens (including phenoxy) is 1. The van der Waals surface area contributed by atoms with Gasteiger partial charge in [0.1, 0.15) is 5.82 Å². The second-order valence-corrected chi connectivity index (χ2v) is 5.59. The van der Waals surface area contributed by atoms with E-state index in [1.165, 1.54) is 24.3 Å². The molecule has 0 aliphatic heterocycles. The SMILES string of the molecule is NC(=O)C(OC(=O)c1ccc2c(c1)CCC=C2)c1ccc(F)cc1. The topological polar surface area (TPSA) is 69.4 Å². The molecule has 0 radical (unpaired) electrons. The number of amides is 1. The molecule has 1 aliphatic carbocycles. The van der Waals surface area contributed by atoms with Gasteiger partial charge in [0.05, 0.1) is 5.56 Å². The largest absolute Gasteiger partial charge is 0.444 e. The molecule has 5 heteroatoms. The van der Waals surface area contributed by atoms with E-state index in [0.29, 0.717) is 11.1 Å². The van der Waals surface area contributed by atoms with Crippen molar-refractivity contribution >= 4 is 18.0 Å². The molecule has 1 atom stereocenters. The van der Waals surface area contributed by atoms with Gasteiger partial charge >= 0.3 is 5.97 Å². The lowest BCUT2D eigenvalue weighted by atomic mass is 9.95. The van der Waals surface area contributed by atoms with E-state index < -0.39 is 23.8 Å². The summed E-state index contributed by atoms with van der Waals surface area (Å²) in [7, 11) is 0. The summed E-state index contributed by atoms with van der Waals surface area (Å²) >= 11 is 0. The van der Waals surface area contributed by atoms with Crippen LogP contribution in [0.5, 0.6) is 0 Å². The Balaban J connectivity index is 1.82. The van der Waals surface area contributed by atoms with Crippen molar-refractivity contribution in [3.8, 4) is 0 Å². The molecular weight excluding hydrogens is 309 g/mol. The Morgan fingerprint density at radius 1 is 1.12 bits per heavy atom. The maximum absolute atomic E-state index is 13.0. The van der Waals surface area contributed by atoms with Crippen LogP contribution in [0.3, 0.4) is 0 Å². The number of hydrogen-bond donors (Lipinski definition) is 1. The summed E-state index contributed by atoms with van der Waals surface area (Å²) in [6, 6.07) is 10.4. The molecule has 0 bridgehead atoms. The molecule has 0 fully saturated rings. The number of esters is 1. The minimum absolute atomic E-state index is 0.332. The van der Waals surface area contributed by atoms with Crippen molar-refractivity contribution in [2.24, 2.45) is 5.73 Å². The monoisotopic (exact) mass is 325 g/mol. The predicted octanol–water partition coefficient (Wildman–Crippen LogP) is 3.17. The number of hydrogen-bond acceptors (Lipinski definition) is 3. The second-order valence-electron chi connectivity index (χ2n) is 5.59. The van der Waals surface area contributed by atoms with Gasteiger partial charge in [-0.3, -0.25) is 4.79 Å². The van der Waals surface area contributed by atoms with Crippen molar-refractivity contribution in [1.82, 2.24) is 0 Å². The van der Waals surface area contributed by atoms with Crippen LogP contribution in [0.1, 0.15) is 39.6 Å². The highest BCUT2D eigenvalue weighted by molar-refractivity contribution is 5.93. The number of fused-ring (bicyclic) bond motifs is 1. The molecule has 0 aromatic heterocycles. The van der Waals surface area contributed by atoms with Crippen LogP contribution in [0.25, 0.3) is 6.08 Å². The zero-order chi connectivity index (χ0) is 17.1. The fourth-order valence-electron chi connectivity index (χ4n) is 2.66. The third-order valence-electron chi connectivity index (χ3n) is 3.91. The lowest BCUT2D eigenvalue weighted by Crippen LogP contribution is -2.26. The third kappa shape index (κ3) is 3.35. The molecule has 122 valence electrons. The molecule has 3 rings (SSSR count). The van der Waals surface area contributed by atoms with Gasteiger partial charge in [0.25, 0.3) is 5.91 Å². The predicted molar refractivity (Wildman–Crippen MR) is 87.5 cm³/mol. The van der Waals surface area contributed by atoms with E-state index >= 15 is 0 Å². The quantitative estimate of drug-likeness (QED) is 0.878. The summed E-state index contributed by atoms with van der Waals surface area (Å²) in [5.41, 5.74) is 8.15. The van der Waals surface area contributed by atoms with Gasteiger partial charge < -0.3 is 10.5 Å². The highest BCUT2D eigenvalue weighted by Crippen LogP contribution is 2.23. The molecule has 0 heterocycles. The van der Waals surface area contributed by atoms with Gasteiger partial charge in [0.15, 0.2) is 0 Å². The number of primary amides is 1. The van der Waals surface area contributed by atoms with Crippen molar-refractivity contribution in [3.63, 3.8) is 0 Å². The van der Waals surface area contributed by atoms with E-state index in [1.807, 2.05) is 12.1 Å². The Morgan fingerprint density at radius 2 is 1.88 bits per heavy atom. The van der Waals surface area contributed by atoms with Gasteiger partial charge in [-0.25, -0.2) is 9.18 Å². The van der Waals surface area contributed by atoms with Gasteiger partial charge in [0.2, 0.25) is 6.10 Å². The van der Waals surface area contributed by atoms with E-state index in [2.05, 4.69) is 6.08 Å². The van der Waals surface area contributed by atoms with Gasteiger partial charge in [-0.05, 0) is 48.2 Å². The first kappa shape index (κ1) is 15.9. The van der Waals surface area contributed by atoms with E-state index in [1.54, 1.807) is 12.1 Å². The number of nitrogens with two attached hydrogens (primary N) is 1. The Bertz CT molecular complexity index is 812. The van der Waals surface area contributed by atoms with Crippen molar-refractivity contribution in [2.45, 2.75) is 18.9 Å². The number of allylic oxidation sites excluding steroid dienone is 1. The van der Waals surface area contributed by atoms with Gasteiger partial charge in [-0.1, -0.05) is 30.4 Å². The fraction of sp³-hybridized carbons (Fsp3) is 0.158. The Labute approximate surface area is 138 Å². The van der Waals surface area contributed by atoms with Crippen LogP contribution >= 0.6 is 0 Å². The molecule has 1 amide bonds. The molecular formula is C19H16FNO3. The van der Waals surface area contributed by atoms with Crippen molar-refractivity contribution in [1.29, 1.82) is 0 Å². The van der Waals surface area contributed by atoms with Crippen LogP contribution < -0.4 is 5.73 Å². The summed E-state index contributed by atoms with van der Waals surface area (Å²) in [6.07, 6.45) is 4.61. The van der Waals surface area contributed by atoms with Crippen LogP contribution in [0.15, 0.2) is 48.5 Å². The van der Waals surface area contributed by atoms with Gasteiger partial charge in [0, 0.05) is 5.56 Å². The number of benzene rings is 2. The number of carbonyl (C=O) groups is 2. The maximum atomic E-state index is 13.0. The van der Waals surface area contributed by atoms with Crippen molar-refractivity contribution in [2.75, 3.05) is 0 Å². The molecule has 1 unspecified atom stereocenters. The lowest BCUT2D eigenvalue weighted by molar-refractivity contribution is -0.127. The molecule has 2 N–H and O–H groups in total. The highest BCUT2D eigenvalue weighted by atomic mass is 19.1. The van der Waals surface area contributed by atoms with Crippen molar-refractivity contribution < 1.29 is 18.7 Å². The average Bonchev–Trinajstić information content (AvgIpc) is 2.59. The molecule has 0 saturated carbocycles. The number of halogens is 1. The van der Waals surface area contributed by atoms with Crippen LogP contribution in [0.4, 0.5) is 4.39 Å². The minimum Gasteiger partial charge on any atom is -0.444 e. The number of carbonyl (C=O) groups excluding carboxylic acids is 2. The number of aryl methyl sites for hydroxylation is 1. The van der Waals surface area contributed by atoms with Crippen LogP contribution in [0.2, 0.25) is 0 Å². The van der Waals surface area contributed by atoms with Crippen LogP contribution in [-0.2, 0) is 16.0 Å². The highest BCUT2D eigenvalue weighted by Gasteiger charge is 2.24. The average molecular weight is 325 g/mol. The van der Waals surface area contributed by atoms with E-state index in [4.69, 9.17) is 10.5 Å². The van der Waals surface area contributed by atoms with Gasteiger partial charge in [-0.15, -0.1) is 0 Å². The fourth-order valence-corrected chi connectivity index (χ4v) is 2.66. The zero-order valence-electron chi connectivity index (χ0n) is 12.9. The summed E-state index contributed by atoms with van der Waals surface area (Å²) in [6.45, 7) is 0. The summed E-state index contributed by atoms with van der Waals surface area (Å²) < 4.78 is 18.3. The first-order valence-electron chi connectivity index (χ1n) is 7.60. The van der Waals surface area contributed by atoms with Gasteiger partial charge in [-0.2, -0.15) is 0 Å². The standard InChI is InChI=1S/C19H16FNO3/c20-16-9-7-13(8-10-16)17(18(21)22)24-19(23)15-6-5-12-3-1-2-4-14(12)11-15/h1,3,5-11,17H,2,4H2,(H2,21,22). The minimum atomic E-state index is -1.26. The maximum Gasteiger partial charge on any atom is 0.339 e. The third-order valence-corrected chi connectivity index (χ3v) is 3.91. The summed E-state index contributed by atoms with van der Waals surface area (Å²) in [4.78, 5) is 24.0. The molecule has 4 nitrogen and oxygen atoms in total. The first-order valence-corrected chi connectivity index (χ1v) is 7.60. The van der Waals surface area contributed by atoms with E-state index in [-0.39, 0.29) is 0 Å². The molecule has 24 heavy (non-hydrogen) atoms. The summed E-state index contributed by atoms with van der Waals surface area (Å²) in [5, 5.41) is 0. The Hall–Kier alpha value is -2.95. The Kier molecular flexibility index (Phi) is 4.42. The normalized spacial score (nSPS) is 13.9. The molecule has 1 aliphatic rings.